The fourth-order valence-corrected chi connectivity index (χ4v) is 0.385. The van der Waals surface area contributed by atoms with Crippen molar-refractivity contribution in [2.45, 2.75) is 0 Å². The van der Waals surface area contributed by atoms with Gasteiger partial charge in [-0.25, -0.2) is 0 Å². The molecular formula is C8H15F5. The second kappa shape index (κ2) is 46.1. The van der Waals surface area contributed by atoms with E-state index in [1.807, 2.05) is 36.4 Å². The first-order valence-electron chi connectivity index (χ1n) is 2.50. The number of rotatable bonds is 0. The summed E-state index contributed by atoms with van der Waals surface area (Å²) in [5, 5.41) is 0. The van der Waals surface area contributed by atoms with Crippen molar-refractivity contribution >= 4 is 0 Å². The van der Waals surface area contributed by atoms with Crippen molar-refractivity contribution in [3.05, 3.63) is 49.6 Å². The van der Waals surface area contributed by atoms with Gasteiger partial charge in [-0.2, -0.15) is 0 Å². The largest absolute Gasteiger partial charge is 0.269 e. The van der Waals surface area contributed by atoms with Gasteiger partial charge < -0.3 is 0 Å². The first-order valence-corrected chi connectivity index (χ1v) is 2.50. The van der Waals surface area contributed by atoms with E-state index in [1.165, 1.54) is 0 Å². The Morgan fingerprint density at radius 1 is 0.385 bits per heavy atom. The zero-order valence-electron chi connectivity index (χ0n) is 6.92. The van der Waals surface area contributed by atoms with Crippen LogP contribution >= 0.6 is 0 Å². The van der Waals surface area contributed by atoms with Crippen molar-refractivity contribution in [2.24, 2.45) is 0 Å². The van der Waals surface area contributed by atoms with Crippen LogP contribution in [0.3, 0.4) is 0 Å². The van der Waals surface area contributed by atoms with Crippen LogP contribution in [0.5, 0.6) is 0 Å². The molecule has 0 radical (unpaired) electrons. The average Bonchev–Trinajstić information content (AvgIpc) is 1.96. The van der Waals surface area contributed by atoms with Crippen LogP contribution in [0.4, 0.5) is 23.5 Å². The first-order chi connectivity index (χ1) is 4.00. The molecule has 13 heavy (non-hydrogen) atoms. The van der Waals surface area contributed by atoms with E-state index in [9.17, 15) is 0 Å². The molecule has 0 bridgehead atoms. The van der Waals surface area contributed by atoms with Crippen molar-refractivity contribution in [1.82, 2.24) is 0 Å². The van der Waals surface area contributed by atoms with Crippen LogP contribution in [0.15, 0.2) is 49.6 Å². The van der Waals surface area contributed by atoms with Gasteiger partial charge >= 0.3 is 0 Å². The normalized spacial score (nSPS) is 4.00. The molecular weight excluding hydrogens is 191 g/mol. The van der Waals surface area contributed by atoms with Crippen LogP contribution in [0.1, 0.15) is 0 Å². The first kappa shape index (κ1) is 41.5. The van der Waals surface area contributed by atoms with E-state index >= 15 is 0 Å². The number of hydrogen-bond acceptors (Lipinski definition) is 0. The Kier molecular flexibility index (Phi) is 147. The molecule has 0 fully saturated rings. The smallest absolute Gasteiger partial charge is 0.0623 e. The molecule has 1 aromatic carbocycles. The standard InChI is InChI=1S/C6H6.C2H4.5FH/c1-2-4-6-5-3-1;1-2;;;;;/h1-6H;1-2H2;5*1H. The molecule has 0 atom stereocenters. The summed E-state index contributed by atoms with van der Waals surface area (Å²) in [7, 11) is 0. The lowest BCUT2D eigenvalue weighted by Gasteiger charge is -1.69. The van der Waals surface area contributed by atoms with Crippen LogP contribution in [0.2, 0.25) is 0 Å². The highest BCUT2D eigenvalue weighted by molar-refractivity contribution is 4.99. The second-order valence-electron chi connectivity index (χ2n) is 1.15. The third-order valence-corrected chi connectivity index (χ3v) is 0.667. The molecule has 0 aromatic heterocycles. The Morgan fingerprint density at radius 3 is 0.538 bits per heavy atom. The highest BCUT2D eigenvalue weighted by atomic mass is 19.0. The highest BCUT2D eigenvalue weighted by Crippen LogP contribution is 1.79. The van der Waals surface area contributed by atoms with Crippen molar-refractivity contribution in [3.63, 3.8) is 0 Å². The summed E-state index contributed by atoms with van der Waals surface area (Å²) in [5.74, 6) is 0. The van der Waals surface area contributed by atoms with Gasteiger partial charge in [-0.1, -0.05) is 36.4 Å². The zero-order valence-corrected chi connectivity index (χ0v) is 6.92. The van der Waals surface area contributed by atoms with Crippen molar-refractivity contribution in [2.75, 3.05) is 0 Å². The monoisotopic (exact) mass is 206 g/mol. The summed E-state index contributed by atoms with van der Waals surface area (Å²) in [6.07, 6.45) is 0. The molecule has 82 valence electrons. The Bertz CT molecular complexity index is 95.4. The van der Waals surface area contributed by atoms with E-state index in [-0.39, 0.29) is 23.5 Å². The SMILES string of the molecule is C=C.F.F.F.F.F.c1ccccc1. The molecule has 0 unspecified atom stereocenters. The van der Waals surface area contributed by atoms with Crippen LogP contribution in [0.25, 0.3) is 0 Å². The van der Waals surface area contributed by atoms with Crippen molar-refractivity contribution in [3.8, 4) is 0 Å². The van der Waals surface area contributed by atoms with Crippen LogP contribution in [0, 0.1) is 0 Å². The van der Waals surface area contributed by atoms with Crippen molar-refractivity contribution < 1.29 is 23.5 Å². The lowest BCUT2D eigenvalue weighted by molar-refractivity contribution is 1.11. The van der Waals surface area contributed by atoms with Gasteiger partial charge in [0.15, 0.2) is 0 Å². The number of hydrogen-bond donors (Lipinski definition) is 0. The summed E-state index contributed by atoms with van der Waals surface area (Å²) < 4.78 is 0. The molecule has 0 saturated carbocycles. The lowest BCUT2D eigenvalue weighted by Crippen LogP contribution is -1.47. The minimum absolute atomic E-state index is 0. The zero-order chi connectivity index (χ0) is 6.24. The molecule has 0 saturated heterocycles. The Balaban J connectivity index is -0.0000000166. The molecule has 0 heterocycles. The minimum Gasteiger partial charge on any atom is -0.269 e. The fourth-order valence-electron chi connectivity index (χ4n) is 0.385. The van der Waals surface area contributed by atoms with Crippen LogP contribution in [-0.4, -0.2) is 0 Å². The van der Waals surface area contributed by atoms with E-state index in [0.717, 1.165) is 0 Å². The Hall–Kier alpha value is -1.39. The van der Waals surface area contributed by atoms with Gasteiger partial charge in [-0.3, -0.25) is 23.5 Å². The summed E-state index contributed by atoms with van der Waals surface area (Å²) in [4.78, 5) is 0. The van der Waals surface area contributed by atoms with Gasteiger partial charge in [0, 0.05) is 0 Å². The molecule has 0 N–H and O–H groups in total. The molecule has 0 aliphatic heterocycles. The van der Waals surface area contributed by atoms with E-state index in [0.29, 0.717) is 0 Å². The fraction of sp³-hybridized carbons (Fsp3) is 0. The van der Waals surface area contributed by atoms with Gasteiger partial charge in [0.05, 0.1) is 0 Å². The highest BCUT2D eigenvalue weighted by Gasteiger charge is 1.57. The van der Waals surface area contributed by atoms with Gasteiger partial charge in [-0.05, 0) is 0 Å². The predicted octanol–water partition coefficient (Wildman–Crippen LogP) is 3.25. The molecule has 1 aromatic rings. The third kappa shape index (κ3) is 37.0. The van der Waals surface area contributed by atoms with E-state index in [2.05, 4.69) is 13.2 Å². The second-order valence-corrected chi connectivity index (χ2v) is 1.15. The predicted molar refractivity (Wildman–Crippen MR) is 50.2 cm³/mol. The summed E-state index contributed by atoms with van der Waals surface area (Å²) >= 11 is 0. The summed E-state index contributed by atoms with van der Waals surface area (Å²) in [6.45, 7) is 6.00. The van der Waals surface area contributed by atoms with E-state index in [1.54, 1.807) is 0 Å². The molecule has 0 aliphatic carbocycles. The Labute approximate surface area is 74.1 Å². The van der Waals surface area contributed by atoms with Crippen LogP contribution in [-0.2, 0) is 0 Å². The van der Waals surface area contributed by atoms with E-state index in [4.69, 9.17) is 0 Å². The molecule has 0 aliphatic rings. The van der Waals surface area contributed by atoms with Gasteiger partial charge in [-0.15, -0.1) is 13.2 Å². The van der Waals surface area contributed by atoms with Crippen molar-refractivity contribution in [1.29, 1.82) is 0 Å². The summed E-state index contributed by atoms with van der Waals surface area (Å²) in [5.41, 5.74) is 0. The molecule has 1 rings (SSSR count). The topological polar surface area (TPSA) is 0 Å². The quantitative estimate of drug-likeness (QED) is 0.451. The molecule has 5 heteroatoms. The minimum atomic E-state index is 0. The van der Waals surface area contributed by atoms with Gasteiger partial charge in [0.1, 0.15) is 0 Å². The van der Waals surface area contributed by atoms with Gasteiger partial charge in [0.25, 0.3) is 0 Å². The molecule has 0 nitrogen and oxygen atoms in total. The maximum atomic E-state index is 3.00. The van der Waals surface area contributed by atoms with E-state index < -0.39 is 0 Å². The van der Waals surface area contributed by atoms with Crippen LogP contribution < -0.4 is 0 Å². The maximum Gasteiger partial charge on any atom is -0.0623 e. The number of halogens is 5. The van der Waals surface area contributed by atoms with Gasteiger partial charge in [0.2, 0.25) is 0 Å². The average molecular weight is 206 g/mol. The third-order valence-electron chi connectivity index (χ3n) is 0.667. The maximum absolute atomic E-state index is 3.00. The number of benzene rings is 1. The molecule has 0 spiro atoms. The summed E-state index contributed by atoms with van der Waals surface area (Å²) in [6, 6.07) is 12.0. The Morgan fingerprint density at radius 2 is 0.462 bits per heavy atom. The molecule has 0 amide bonds. The lowest BCUT2D eigenvalue weighted by atomic mass is 10.4.